The maximum absolute atomic E-state index is 7.27. The Morgan fingerprint density at radius 1 is 0.486 bits per heavy atom. The van der Waals surface area contributed by atoms with Crippen LogP contribution in [0.25, 0.3) is 112 Å². The van der Waals surface area contributed by atoms with Gasteiger partial charge in [-0.05, 0) is 99.1 Å². The van der Waals surface area contributed by atoms with Gasteiger partial charge in [-0.15, -0.1) is 22.7 Å². The molecule has 0 fully saturated rings. The number of anilines is 2. The lowest BCUT2D eigenvalue weighted by Gasteiger charge is -2.42. The molecular formula is C64H47BN2OS2. The van der Waals surface area contributed by atoms with Crippen molar-refractivity contribution in [3.8, 4) is 39.3 Å². The number of furan rings is 1. The molecule has 0 saturated heterocycles. The predicted molar refractivity (Wildman–Crippen MR) is 304 cm³/mol. The van der Waals surface area contributed by atoms with Crippen LogP contribution in [0.4, 0.5) is 11.4 Å². The van der Waals surface area contributed by atoms with E-state index in [0.717, 1.165) is 33.4 Å². The average Bonchev–Trinajstić information content (AvgIpc) is 4.14. The van der Waals surface area contributed by atoms with E-state index in [1.54, 1.807) is 0 Å². The Bertz CT molecular complexity index is 4370. The van der Waals surface area contributed by atoms with Crippen LogP contribution in [0.5, 0.6) is 0 Å². The van der Waals surface area contributed by atoms with Gasteiger partial charge in [-0.3, -0.25) is 0 Å². The molecule has 15 rings (SSSR count). The lowest BCUT2D eigenvalue weighted by molar-refractivity contribution is 0.590. The number of benzene rings is 9. The van der Waals surface area contributed by atoms with Crippen LogP contribution < -0.4 is 15.7 Å². The molecule has 0 aliphatic carbocycles. The van der Waals surface area contributed by atoms with E-state index in [-0.39, 0.29) is 17.7 Å². The minimum Gasteiger partial charge on any atom is -0.455 e. The van der Waals surface area contributed by atoms with Crippen LogP contribution >= 0.6 is 22.7 Å². The first-order chi connectivity index (χ1) is 34.0. The highest BCUT2D eigenvalue weighted by atomic mass is 32.1. The highest BCUT2D eigenvalue weighted by Crippen LogP contribution is 2.55. The number of aromatic nitrogens is 1. The van der Waals surface area contributed by atoms with Crippen LogP contribution in [-0.4, -0.2) is 11.4 Å². The minimum absolute atomic E-state index is 0.00915. The van der Waals surface area contributed by atoms with Gasteiger partial charge in [0.05, 0.1) is 11.0 Å². The van der Waals surface area contributed by atoms with E-state index in [0.29, 0.717) is 0 Å². The van der Waals surface area contributed by atoms with Crippen molar-refractivity contribution in [2.24, 2.45) is 0 Å². The van der Waals surface area contributed by atoms with Crippen molar-refractivity contribution >= 4 is 125 Å². The number of fused-ring (bicyclic) bond motifs is 17. The molecule has 2 aliphatic heterocycles. The van der Waals surface area contributed by atoms with Gasteiger partial charge in [-0.2, -0.15) is 0 Å². The molecule has 13 aromatic rings. The molecule has 0 radical (unpaired) electrons. The van der Waals surface area contributed by atoms with E-state index in [2.05, 4.69) is 227 Å². The van der Waals surface area contributed by atoms with E-state index >= 15 is 0 Å². The van der Waals surface area contributed by atoms with Crippen LogP contribution in [0.1, 0.15) is 52.7 Å². The van der Waals surface area contributed by atoms with Crippen LogP contribution in [0.3, 0.4) is 0 Å². The maximum atomic E-state index is 7.27. The second-order valence-corrected chi connectivity index (χ2v) is 23.7. The fourth-order valence-electron chi connectivity index (χ4n) is 12.1. The first kappa shape index (κ1) is 40.5. The molecule has 6 heterocycles. The van der Waals surface area contributed by atoms with Crippen molar-refractivity contribution in [1.29, 1.82) is 0 Å². The van der Waals surface area contributed by atoms with Crippen molar-refractivity contribution in [1.82, 2.24) is 4.57 Å². The molecule has 9 aromatic carbocycles. The van der Waals surface area contributed by atoms with E-state index < -0.39 is 0 Å². The summed E-state index contributed by atoms with van der Waals surface area (Å²) in [6.45, 7) is 13.8. The zero-order valence-electron chi connectivity index (χ0n) is 39.9. The van der Waals surface area contributed by atoms with Crippen molar-refractivity contribution in [2.45, 2.75) is 52.4 Å². The predicted octanol–water partition coefficient (Wildman–Crippen LogP) is 17.4. The van der Waals surface area contributed by atoms with Gasteiger partial charge < -0.3 is 13.8 Å². The van der Waals surface area contributed by atoms with Crippen molar-refractivity contribution in [3.63, 3.8) is 0 Å². The number of hydrogen-bond donors (Lipinski definition) is 0. The third-order valence-corrected chi connectivity index (χ3v) is 17.8. The standard InChI is InChI=1S/C64H47BN2OS2/c1-63(2,3)38-25-28-40(29-26-38)67-49-35-54-43(41-21-13-15-23-52(41)69-54)32-45(49)58-59-60-56(57-42-22-14-16-24-53(42)70-62(57)58)44-31-39(64(4,5)6)27-30-48(44)66(60)50-33-46-51(34-47(50)65(59)67)68-61(37-19-11-8-12-20-37)55(46)36-17-9-7-10-18-36/h7-35H,1-6H3. The highest BCUT2D eigenvalue weighted by molar-refractivity contribution is 7.27. The van der Waals surface area contributed by atoms with Gasteiger partial charge in [0.25, 0.3) is 0 Å². The van der Waals surface area contributed by atoms with Crippen molar-refractivity contribution in [3.05, 3.63) is 187 Å². The largest absolute Gasteiger partial charge is 0.455 e. The lowest BCUT2D eigenvalue weighted by atomic mass is 9.44. The smallest absolute Gasteiger partial charge is 0.333 e. The summed E-state index contributed by atoms with van der Waals surface area (Å²) in [4.78, 5) is 2.69. The van der Waals surface area contributed by atoms with E-state index in [9.17, 15) is 0 Å². The Balaban J connectivity index is 1.17. The van der Waals surface area contributed by atoms with Gasteiger partial charge in [0.2, 0.25) is 0 Å². The number of rotatable bonds is 3. The normalized spacial score (nSPS) is 13.5. The minimum atomic E-state index is -0.185. The molecular weight excluding hydrogens is 888 g/mol. The summed E-state index contributed by atoms with van der Waals surface area (Å²) in [6, 6.07) is 66.3. The molecule has 0 N–H and O–H groups in total. The van der Waals surface area contributed by atoms with E-state index in [1.807, 2.05) is 22.7 Å². The van der Waals surface area contributed by atoms with E-state index in [1.165, 1.54) is 112 Å². The summed E-state index contributed by atoms with van der Waals surface area (Å²) >= 11 is 3.86. The van der Waals surface area contributed by atoms with Gasteiger partial charge in [-0.25, -0.2) is 0 Å². The Hall–Kier alpha value is -7.38. The summed E-state index contributed by atoms with van der Waals surface area (Å²) in [7, 11) is 0. The van der Waals surface area contributed by atoms with Crippen LogP contribution in [0.2, 0.25) is 0 Å². The lowest BCUT2D eigenvalue weighted by Crippen LogP contribution is -2.60. The van der Waals surface area contributed by atoms with Crippen LogP contribution in [0, 0.1) is 0 Å². The van der Waals surface area contributed by atoms with Crippen molar-refractivity contribution < 1.29 is 4.42 Å². The van der Waals surface area contributed by atoms with Crippen LogP contribution in [0.15, 0.2) is 180 Å². The molecule has 0 spiro atoms. The molecule has 6 heteroatoms. The second kappa shape index (κ2) is 14.1. The Kier molecular flexibility index (Phi) is 8.17. The fraction of sp³-hybridized carbons (Fsp3) is 0.125. The van der Waals surface area contributed by atoms with Gasteiger partial charge in [0, 0.05) is 95.8 Å². The average molecular weight is 935 g/mol. The number of hydrogen-bond acceptors (Lipinski definition) is 4. The number of nitrogens with zero attached hydrogens (tertiary/aromatic N) is 2. The molecule has 3 nitrogen and oxygen atoms in total. The van der Waals surface area contributed by atoms with Gasteiger partial charge >= 0.3 is 6.85 Å². The third-order valence-electron chi connectivity index (χ3n) is 15.5. The monoisotopic (exact) mass is 934 g/mol. The first-order valence-electron chi connectivity index (χ1n) is 24.5. The van der Waals surface area contributed by atoms with Gasteiger partial charge in [-0.1, -0.05) is 157 Å². The Morgan fingerprint density at radius 2 is 1.14 bits per heavy atom. The molecule has 0 atom stereocenters. The summed E-state index contributed by atoms with van der Waals surface area (Å²) < 4.78 is 15.2. The second-order valence-electron chi connectivity index (χ2n) is 21.6. The molecule has 0 saturated carbocycles. The first-order valence-corrected chi connectivity index (χ1v) is 26.2. The zero-order chi connectivity index (χ0) is 46.9. The van der Waals surface area contributed by atoms with E-state index in [4.69, 9.17) is 4.42 Å². The molecule has 0 bridgehead atoms. The fourth-order valence-corrected chi connectivity index (χ4v) is 14.5. The maximum Gasteiger partial charge on any atom is 0.333 e. The zero-order valence-corrected chi connectivity index (χ0v) is 41.6. The Labute approximate surface area is 414 Å². The van der Waals surface area contributed by atoms with Gasteiger partial charge in [0.1, 0.15) is 11.3 Å². The topological polar surface area (TPSA) is 21.3 Å². The summed E-state index contributed by atoms with van der Waals surface area (Å²) in [6.07, 6.45) is 0. The summed E-state index contributed by atoms with van der Waals surface area (Å²) in [5.41, 5.74) is 18.2. The summed E-state index contributed by atoms with van der Waals surface area (Å²) in [5, 5.41) is 9.06. The molecule has 0 amide bonds. The quantitative estimate of drug-likeness (QED) is 0.165. The summed E-state index contributed by atoms with van der Waals surface area (Å²) in [5.74, 6) is 0.891. The third kappa shape index (κ3) is 5.52. The number of thiophene rings is 2. The SMILES string of the molecule is CC(C)(C)c1ccc(N2B3c4cc5oc(-c6ccccc6)c(-c6ccccc6)c5cc4-n4c5ccc(C(C)(C)C)cc5c5c6c(sc7ccccc76)c(c3c54)-c3cc4c(cc32)sc2ccccc24)cc1. The molecule has 70 heavy (non-hydrogen) atoms. The molecule has 4 aromatic heterocycles. The van der Waals surface area contributed by atoms with Crippen molar-refractivity contribution in [2.75, 3.05) is 4.81 Å². The Morgan fingerprint density at radius 3 is 1.87 bits per heavy atom. The molecule has 334 valence electrons. The highest BCUT2D eigenvalue weighted by Gasteiger charge is 2.46. The molecule has 2 aliphatic rings. The van der Waals surface area contributed by atoms with Gasteiger partial charge in [0.15, 0.2) is 0 Å². The molecule has 0 unspecified atom stereocenters. The van der Waals surface area contributed by atoms with Crippen LogP contribution in [-0.2, 0) is 10.8 Å².